The first-order valence-electron chi connectivity index (χ1n) is 10.1. The number of likely N-dealkylation sites (tertiary alicyclic amines) is 1. The van der Waals surface area contributed by atoms with Gasteiger partial charge in [0.1, 0.15) is 6.10 Å². The number of benzene rings is 2. The summed E-state index contributed by atoms with van der Waals surface area (Å²) < 4.78 is 20.5. The van der Waals surface area contributed by atoms with Crippen molar-refractivity contribution in [2.24, 2.45) is 5.92 Å². The van der Waals surface area contributed by atoms with E-state index in [0.29, 0.717) is 32.5 Å². The summed E-state index contributed by atoms with van der Waals surface area (Å²) in [5, 5.41) is 21.8. The van der Waals surface area contributed by atoms with E-state index in [1.165, 1.54) is 6.07 Å². The molecule has 1 aliphatic heterocycles. The molecule has 1 saturated carbocycles. The third-order valence-corrected chi connectivity index (χ3v) is 7.10. The van der Waals surface area contributed by atoms with Gasteiger partial charge < -0.3 is 19.9 Å². The van der Waals surface area contributed by atoms with E-state index in [1.54, 1.807) is 18.2 Å². The molecule has 2 aliphatic rings. The lowest BCUT2D eigenvalue weighted by molar-refractivity contribution is 0.0176. The van der Waals surface area contributed by atoms with Gasteiger partial charge >= 0.3 is 4.87 Å². The molecule has 1 aromatic heterocycles. The van der Waals surface area contributed by atoms with Gasteiger partial charge in [-0.25, -0.2) is 4.39 Å². The fourth-order valence-electron chi connectivity index (χ4n) is 4.85. The molecule has 2 heterocycles. The van der Waals surface area contributed by atoms with Crippen molar-refractivity contribution >= 4 is 21.6 Å². The minimum Gasteiger partial charge on any atom is -0.487 e. The molecular weight excluding hydrogens is 407 g/mol. The van der Waals surface area contributed by atoms with E-state index in [1.807, 2.05) is 18.2 Å². The van der Waals surface area contributed by atoms with Crippen molar-refractivity contribution in [3.63, 3.8) is 0 Å². The smallest absolute Gasteiger partial charge is 0.305 e. The number of aliphatic hydroxyl groups excluding tert-OH is 1. The molecule has 0 bridgehead atoms. The zero-order valence-electron chi connectivity index (χ0n) is 16.3. The molecule has 0 radical (unpaired) electrons. The molecule has 0 amide bonds. The number of β-amino-alcohol motifs (C(OH)–C–C–N with tert-alkyl or cyclic N) is 2. The Labute approximate surface area is 176 Å². The van der Waals surface area contributed by atoms with Gasteiger partial charge in [0.25, 0.3) is 0 Å². The second kappa shape index (κ2) is 7.46. The molecule has 3 N–H and O–H groups in total. The number of H-pyrrole nitrogens is 1. The minimum atomic E-state index is -0.889. The zero-order chi connectivity index (χ0) is 20.9. The fourth-order valence-corrected chi connectivity index (χ4v) is 5.64. The lowest BCUT2D eigenvalue weighted by Crippen LogP contribution is -2.36. The van der Waals surface area contributed by atoms with Gasteiger partial charge in [-0.3, -0.25) is 9.69 Å². The minimum absolute atomic E-state index is 0.0267. The van der Waals surface area contributed by atoms with Crippen LogP contribution in [0, 0.1) is 11.7 Å². The Morgan fingerprint density at radius 2 is 2.17 bits per heavy atom. The summed E-state index contributed by atoms with van der Waals surface area (Å²) in [5.74, 6) is -0.143. The first-order chi connectivity index (χ1) is 14.4. The lowest BCUT2D eigenvalue weighted by Gasteiger charge is -2.25. The number of ether oxygens (including phenoxy) is 1. The number of aromatic nitrogens is 1. The maximum atomic E-state index is 13.9. The van der Waals surface area contributed by atoms with Crippen LogP contribution in [0.15, 0.2) is 47.3 Å². The zero-order valence-corrected chi connectivity index (χ0v) is 17.1. The number of hydrogen-bond acceptors (Lipinski definition) is 6. The van der Waals surface area contributed by atoms with E-state index >= 15 is 0 Å². The first-order valence-corrected chi connectivity index (χ1v) is 10.9. The molecule has 8 heteroatoms. The van der Waals surface area contributed by atoms with E-state index in [-0.39, 0.29) is 22.6 Å². The van der Waals surface area contributed by atoms with Gasteiger partial charge in [0.05, 0.1) is 21.9 Å². The van der Waals surface area contributed by atoms with Crippen molar-refractivity contribution in [1.29, 1.82) is 0 Å². The summed E-state index contributed by atoms with van der Waals surface area (Å²) in [7, 11) is 0. The van der Waals surface area contributed by atoms with Crippen LogP contribution in [-0.2, 0) is 0 Å². The predicted octanol–water partition coefficient (Wildman–Crippen LogP) is 2.67. The molecule has 1 aliphatic carbocycles. The number of fused-ring (bicyclic) bond motifs is 2. The Bertz CT molecular complexity index is 1130. The Kier molecular flexibility index (Phi) is 4.89. The molecule has 158 valence electrons. The molecule has 1 saturated heterocycles. The average molecular weight is 431 g/mol. The normalized spacial score (nSPS) is 27.4. The highest BCUT2D eigenvalue weighted by molar-refractivity contribution is 7.16. The number of para-hydroxylation sites is 1. The number of rotatable bonds is 5. The quantitative estimate of drug-likeness (QED) is 0.580. The largest absolute Gasteiger partial charge is 0.487 e. The molecule has 3 aromatic rings. The Morgan fingerprint density at radius 1 is 1.33 bits per heavy atom. The van der Waals surface area contributed by atoms with Crippen LogP contribution in [0.25, 0.3) is 10.2 Å². The molecule has 5 rings (SSSR count). The summed E-state index contributed by atoms with van der Waals surface area (Å²) in [6.45, 7) is 1.51. The molecular formula is C22H23FN2O4S. The summed E-state index contributed by atoms with van der Waals surface area (Å²) in [5.41, 5.74) is 0.633. The monoisotopic (exact) mass is 430 g/mol. The van der Waals surface area contributed by atoms with E-state index in [0.717, 1.165) is 27.1 Å². The van der Waals surface area contributed by atoms with E-state index in [9.17, 15) is 19.4 Å². The molecule has 4 atom stereocenters. The van der Waals surface area contributed by atoms with Gasteiger partial charge in [0.2, 0.25) is 0 Å². The number of halogens is 1. The maximum Gasteiger partial charge on any atom is 0.305 e. The number of aromatic amines is 1. The van der Waals surface area contributed by atoms with Crippen LogP contribution >= 0.6 is 11.3 Å². The predicted molar refractivity (Wildman–Crippen MR) is 112 cm³/mol. The summed E-state index contributed by atoms with van der Waals surface area (Å²) in [4.78, 5) is 16.2. The molecule has 0 spiro atoms. The highest BCUT2D eigenvalue weighted by Gasteiger charge is 2.52. The van der Waals surface area contributed by atoms with Gasteiger partial charge in [0, 0.05) is 32.0 Å². The maximum absolute atomic E-state index is 13.9. The molecule has 2 fully saturated rings. The van der Waals surface area contributed by atoms with Crippen molar-refractivity contribution in [3.05, 3.63) is 63.5 Å². The molecule has 6 nitrogen and oxygen atoms in total. The van der Waals surface area contributed by atoms with Gasteiger partial charge in [-0.15, -0.1) is 0 Å². The highest BCUT2D eigenvalue weighted by atomic mass is 32.1. The summed E-state index contributed by atoms with van der Waals surface area (Å²) in [6, 6.07) is 11.8. The van der Waals surface area contributed by atoms with Crippen LogP contribution < -0.4 is 9.61 Å². The van der Waals surface area contributed by atoms with Crippen LogP contribution in [0.5, 0.6) is 5.75 Å². The van der Waals surface area contributed by atoms with E-state index in [2.05, 4.69) is 9.88 Å². The highest BCUT2D eigenvalue weighted by Crippen LogP contribution is 2.43. The SMILES string of the molecule is O=c1[nH]c2ccc([C@@H](O)CN3C[C@H]4C[C@H](Oc5ccccc5F)C[C@@]4(O)C3)cc2s1. The van der Waals surface area contributed by atoms with Crippen LogP contribution in [0.1, 0.15) is 24.5 Å². The van der Waals surface area contributed by atoms with E-state index in [4.69, 9.17) is 4.74 Å². The number of hydrogen-bond donors (Lipinski definition) is 3. The van der Waals surface area contributed by atoms with E-state index < -0.39 is 17.5 Å². The van der Waals surface area contributed by atoms with Gasteiger partial charge in [-0.1, -0.05) is 29.5 Å². The van der Waals surface area contributed by atoms with Crippen LogP contribution in [0.2, 0.25) is 0 Å². The average Bonchev–Trinajstić information content (AvgIpc) is 3.30. The van der Waals surface area contributed by atoms with Crippen molar-refractivity contribution in [3.8, 4) is 5.75 Å². The summed E-state index contributed by atoms with van der Waals surface area (Å²) in [6.07, 6.45) is 0.171. The first kappa shape index (κ1) is 19.7. The lowest BCUT2D eigenvalue weighted by atomic mass is 9.95. The Morgan fingerprint density at radius 3 is 2.97 bits per heavy atom. The standard InChI is InChI=1S/C22H23FN2O4S/c23-16-3-1-2-4-19(16)29-15-8-14-10-25(12-22(14,28)9-15)11-18(26)13-5-6-17-20(7-13)30-21(27)24-17/h1-7,14-15,18,26,28H,8-12H2,(H,24,27)/t14-,15+,18+,22-/m1/s1. The van der Waals surface area contributed by atoms with Gasteiger partial charge in [-0.2, -0.15) is 0 Å². The van der Waals surface area contributed by atoms with Crippen LogP contribution in [0.4, 0.5) is 4.39 Å². The van der Waals surface area contributed by atoms with Gasteiger partial charge in [-0.05, 0) is 36.2 Å². The van der Waals surface area contributed by atoms with Crippen molar-refractivity contribution in [2.75, 3.05) is 19.6 Å². The van der Waals surface area contributed by atoms with Crippen molar-refractivity contribution in [2.45, 2.75) is 30.7 Å². The fraction of sp³-hybridized carbons (Fsp3) is 0.409. The second-order valence-electron chi connectivity index (χ2n) is 8.39. The number of thiazole rings is 1. The Balaban J connectivity index is 1.22. The van der Waals surface area contributed by atoms with Crippen molar-refractivity contribution < 1.29 is 19.3 Å². The van der Waals surface area contributed by atoms with Crippen molar-refractivity contribution in [1.82, 2.24) is 9.88 Å². The third-order valence-electron chi connectivity index (χ3n) is 6.26. The molecule has 2 aromatic carbocycles. The Hall–Kier alpha value is -2.26. The van der Waals surface area contributed by atoms with Gasteiger partial charge in [0.15, 0.2) is 11.6 Å². The van der Waals surface area contributed by atoms with Crippen LogP contribution in [0.3, 0.4) is 0 Å². The number of aliphatic hydroxyl groups is 2. The molecule has 0 unspecified atom stereocenters. The summed E-state index contributed by atoms with van der Waals surface area (Å²) >= 11 is 1.12. The molecule has 30 heavy (non-hydrogen) atoms. The number of nitrogens with one attached hydrogen (secondary N) is 1. The number of nitrogens with zero attached hydrogens (tertiary/aromatic N) is 1. The van der Waals surface area contributed by atoms with Crippen LogP contribution in [-0.4, -0.2) is 51.4 Å². The topological polar surface area (TPSA) is 85.8 Å². The third kappa shape index (κ3) is 3.65. The second-order valence-corrected chi connectivity index (χ2v) is 9.41.